The minimum atomic E-state index is -0.702. The average Bonchev–Trinajstić information content (AvgIpc) is 3.33. The Kier molecular flexibility index (Phi) is 4.61. The average molecular weight is 405 g/mol. The van der Waals surface area contributed by atoms with Crippen LogP contribution in [0.4, 0.5) is 5.82 Å². The number of ether oxygens (including phenoxy) is 1. The van der Waals surface area contributed by atoms with E-state index in [0.717, 1.165) is 49.1 Å². The van der Waals surface area contributed by atoms with Gasteiger partial charge < -0.3 is 10.1 Å². The smallest absolute Gasteiger partial charge is 0.266 e. The maximum absolute atomic E-state index is 12.8. The number of benzene rings is 1. The van der Waals surface area contributed by atoms with Gasteiger partial charge in [0.2, 0.25) is 5.95 Å². The van der Waals surface area contributed by atoms with E-state index in [1.54, 1.807) is 19.1 Å². The van der Waals surface area contributed by atoms with E-state index in [-0.39, 0.29) is 11.5 Å². The molecule has 1 fully saturated rings. The summed E-state index contributed by atoms with van der Waals surface area (Å²) in [4.78, 5) is 32.7. The van der Waals surface area contributed by atoms with Crippen LogP contribution >= 0.6 is 0 Å². The summed E-state index contributed by atoms with van der Waals surface area (Å²) in [6, 6.07) is 11.1. The van der Waals surface area contributed by atoms with Gasteiger partial charge in [-0.05, 0) is 51.2 Å². The molecule has 1 amide bonds. The summed E-state index contributed by atoms with van der Waals surface area (Å²) < 4.78 is 7.25. The van der Waals surface area contributed by atoms with Crippen LogP contribution in [-0.4, -0.2) is 31.8 Å². The number of para-hydroxylation sites is 1. The van der Waals surface area contributed by atoms with Gasteiger partial charge in [-0.2, -0.15) is 9.78 Å². The zero-order chi connectivity index (χ0) is 20.7. The first-order chi connectivity index (χ1) is 14.6. The number of carbonyl (C=O) groups is 1. The molecule has 0 aliphatic heterocycles. The third-order valence-corrected chi connectivity index (χ3v) is 5.53. The van der Waals surface area contributed by atoms with Gasteiger partial charge in [-0.3, -0.25) is 14.6 Å². The van der Waals surface area contributed by atoms with Crippen LogP contribution in [0.15, 0.2) is 41.2 Å². The van der Waals surface area contributed by atoms with Gasteiger partial charge in [0.1, 0.15) is 11.6 Å². The maximum atomic E-state index is 12.8. The number of nitrogens with zero attached hydrogens (tertiary/aromatic N) is 3. The van der Waals surface area contributed by atoms with Gasteiger partial charge in [0.05, 0.1) is 11.4 Å². The number of hydrogen-bond donors (Lipinski definition) is 2. The lowest BCUT2D eigenvalue weighted by atomic mass is 10.3. The molecule has 8 heteroatoms. The van der Waals surface area contributed by atoms with Crippen LogP contribution in [0.25, 0.3) is 5.95 Å². The normalized spacial score (nSPS) is 16.2. The summed E-state index contributed by atoms with van der Waals surface area (Å²) in [5.41, 5.74) is 2.33. The Labute approximate surface area is 173 Å². The Morgan fingerprint density at radius 3 is 2.83 bits per heavy atom. The van der Waals surface area contributed by atoms with E-state index in [1.807, 2.05) is 24.3 Å². The Morgan fingerprint density at radius 2 is 2.07 bits per heavy atom. The lowest BCUT2D eigenvalue weighted by molar-refractivity contribution is -0.122. The van der Waals surface area contributed by atoms with Gasteiger partial charge in [-0.15, -0.1) is 0 Å². The number of carbonyl (C=O) groups excluding carboxylic acids is 1. The molecular weight excluding hydrogens is 382 g/mol. The summed E-state index contributed by atoms with van der Waals surface area (Å²) >= 11 is 0. The van der Waals surface area contributed by atoms with Crippen LogP contribution in [0.1, 0.15) is 49.1 Å². The van der Waals surface area contributed by atoms with Crippen molar-refractivity contribution in [2.75, 3.05) is 5.32 Å². The molecule has 3 aromatic rings. The number of H-pyrrole nitrogens is 1. The molecule has 2 aromatic heterocycles. The predicted octanol–water partition coefficient (Wildman–Crippen LogP) is 2.73. The van der Waals surface area contributed by atoms with Crippen LogP contribution < -0.4 is 15.6 Å². The van der Waals surface area contributed by atoms with Crippen molar-refractivity contribution in [2.45, 2.75) is 51.0 Å². The fourth-order valence-corrected chi connectivity index (χ4v) is 3.74. The molecule has 154 valence electrons. The standard InChI is InChI=1S/C22H23N5O3/c1-13(30-15-6-3-2-4-7-15)20(28)24-19-12-18(14-10-11-14)26-27(19)22-23-17-9-5-8-16(17)21(29)25-22/h2-4,6-7,12-14H,5,8-11H2,1H3,(H,24,28)(H,23,25,29)/t13-/m1/s1. The Bertz CT molecular complexity index is 1150. The van der Waals surface area contributed by atoms with E-state index in [2.05, 4.69) is 20.4 Å². The second-order valence-electron chi connectivity index (χ2n) is 7.87. The highest BCUT2D eigenvalue weighted by Crippen LogP contribution is 2.40. The number of fused-ring (bicyclic) bond motifs is 1. The molecule has 0 saturated heterocycles. The van der Waals surface area contributed by atoms with Gasteiger partial charge in [0.25, 0.3) is 11.5 Å². The SMILES string of the molecule is C[C@@H](Oc1ccccc1)C(=O)Nc1cc(C2CC2)nn1-c1nc2c(c(=O)[nH]1)CCC2. The number of aromatic amines is 1. The minimum Gasteiger partial charge on any atom is -0.481 e. The second-order valence-corrected chi connectivity index (χ2v) is 7.87. The molecule has 0 bridgehead atoms. The number of rotatable bonds is 6. The molecule has 1 saturated carbocycles. The number of hydrogen-bond acceptors (Lipinski definition) is 5. The highest BCUT2D eigenvalue weighted by molar-refractivity contribution is 5.93. The quantitative estimate of drug-likeness (QED) is 0.657. The van der Waals surface area contributed by atoms with Crippen molar-refractivity contribution >= 4 is 11.7 Å². The summed E-state index contributed by atoms with van der Waals surface area (Å²) in [6.07, 6.45) is 3.92. The molecule has 0 radical (unpaired) electrons. The highest BCUT2D eigenvalue weighted by Gasteiger charge is 2.29. The van der Waals surface area contributed by atoms with E-state index in [4.69, 9.17) is 4.74 Å². The second kappa shape index (κ2) is 7.44. The Hall–Kier alpha value is -3.42. The molecule has 8 nitrogen and oxygen atoms in total. The van der Waals surface area contributed by atoms with Gasteiger partial charge in [-0.25, -0.2) is 4.98 Å². The van der Waals surface area contributed by atoms with Crippen molar-refractivity contribution in [3.8, 4) is 11.7 Å². The number of amides is 1. The number of anilines is 1. The van der Waals surface area contributed by atoms with Gasteiger partial charge in [0, 0.05) is 17.5 Å². The van der Waals surface area contributed by atoms with E-state index < -0.39 is 6.10 Å². The molecular formula is C22H23N5O3. The van der Waals surface area contributed by atoms with Crippen LogP contribution in [0.3, 0.4) is 0 Å². The van der Waals surface area contributed by atoms with Crippen molar-refractivity contribution in [1.82, 2.24) is 19.7 Å². The lowest BCUT2D eigenvalue weighted by Crippen LogP contribution is -2.31. The van der Waals surface area contributed by atoms with Gasteiger partial charge >= 0.3 is 0 Å². The third-order valence-electron chi connectivity index (χ3n) is 5.53. The number of nitrogens with one attached hydrogen (secondary N) is 2. The molecule has 2 aliphatic rings. The topological polar surface area (TPSA) is 102 Å². The van der Waals surface area contributed by atoms with E-state index >= 15 is 0 Å². The lowest BCUT2D eigenvalue weighted by Gasteiger charge is -2.15. The molecule has 2 N–H and O–H groups in total. The molecule has 2 aliphatic carbocycles. The fraction of sp³-hybridized carbons (Fsp3) is 0.364. The summed E-state index contributed by atoms with van der Waals surface area (Å²) in [7, 11) is 0. The fourth-order valence-electron chi connectivity index (χ4n) is 3.74. The third kappa shape index (κ3) is 3.60. The Balaban J connectivity index is 1.43. The molecule has 2 heterocycles. The van der Waals surface area contributed by atoms with Crippen molar-refractivity contribution in [3.63, 3.8) is 0 Å². The van der Waals surface area contributed by atoms with Crippen molar-refractivity contribution in [1.29, 1.82) is 0 Å². The van der Waals surface area contributed by atoms with Crippen molar-refractivity contribution in [3.05, 3.63) is 63.7 Å². The maximum Gasteiger partial charge on any atom is 0.266 e. The van der Waals surface area contributed by atoms with Crippen LogP contribution in [0.5, 0.6) is 5.75 Å². The first-order valence-electron chi connectivity index (χ1n) is 10.3. The number of aromatic nitrogens is 4. The molecule has 0 unspecified atom stereocenters. The molecule has 0 spiro atoms. The van der Waals surface area contributed by atoms with Crippen LogP contribution in [0, 0.1) is 0 Å². The zero-order valence-corrected chi connectivity index (χ0v) is 16.7. The van der Waals surface area contributed by atoms with Crippen LogP contribution in [-0.2, 0) is 17.6 Å². The summed E-state index contributed by atoms with van der Waals surface area (Å²) in [5.74, 6) is 1.52. The highest BCUT2D eigenvalue weighted by atomic mass is 16.5. The van der Waals surface area contributed by atoms with Crippen molar-refractivity contribution < 1.29 is 9.53 Å². The Morgan fingerprint density at radius 1 is 1.27 bits per heavy atom. The van der Waals surface area contributed by atoms with E-state index in [9.17, 15) is 9.59 Å². The molecule has 1 atom stereocenters. The van der Waals surface area contributed by atoms with Crippen LogP contribution in [0.2, 0.25) is 0 Å². The van der Waals surface area contributed by atoms with E-state index in [1.165, 1.54) is 4.68 Å². The van der Waals surface area contributed by atoms with E-state index in [0.29, 0.717) is 23.4 Å². The van der Waals surface area contributed by atoms with Gasteiger partial charge in [-0.1, -0.05) is 18.2 Å². The summed E-state index contributed by atoms with van der Waals surface area (Å²) in [6.45, 7) is 1.69. The van der Waals surface area contributed by atoms with Gasteiger partial charge in [0.15, 0.2) is 6.10 Å². The number of aryl methyl sites for hydroxylation is 1. The molecule has 30 heavy (non-hydrogen) atoms. The molecule has 1 aromatic carbocycles. The minimum absolute atomic E-state index is 0.131. The monoisotopic (exact) mass is 405 g/mol. The predicted molar refractivity (Wildman–Crippen MR) is 111 cm³/mol. The first-order valence-corrected chi connectivity index (χ1v) is 10.3. The largest absolute Gasteiger partial charge is 0.481 e. The molecule has 5 rings (SSSR count). The zero-order valence-electron chi connectivity index (χ0n) is 16.7. The van der Waals surface area contributed by atoms with Crippen molar-refractivity contribution in [2.24, 2.45) is 0 Å². The summed E-state index contributed by atoms with van der Waals surface area (Å²) in [5, 5.41) is 7.53. The first kappa shape index (κ1) is 18.6.